The molecule has 0 saturated heterocycles. The van der Waals surface area contributed by atoms with Crippen LogP contribution >= 0.6 is 0 Å². The molecule has 0 fully saturated rings. The van der Waals surface area contributed by atoms with Crippen molar-refractivity contribution < 1.29 is 39.3 Å². The second-order valence-corrected chi connectivity index (χ2v) is 1.85. The third kappa shape index (κ3) is 3.32. The van der Waals surface area contributed by atoms with Gasteiger partial charge in [0.05, 0.1) is 0 Å². The van der Waals surface area contributed by atoms with Gasteiger partial charge in [-0.3, -0.25) is 0 Å². The zero-order chi connectivity index (χ0) is 11.1. The Bertz CT molecular complexity index is 140. The fourth-order valence-corrected chi connectivity index (χ4v) is 0.476. The van der Waals surface area contributed by atoms with Crippen molar-refractivity contribution in [2.24, 2.45) is 0 Å². The molecular weight excluding hydrogens is 220 g/mol. The van der Waals surface area contributed by atoms with Gasteiger partial charge >= 0.3 is 19.7 Å². The van der Waals surface area contributed by atoms with Crippen molar-refractivity contribution in [2.45, 2.75) is 12.6 Å². The van der Waals surface area contributed by atoms with Crippen LogP contribution in [0.15, 0.2) is 0 Å². The Morgan fingerprint density at radius 2 is 0.923 bits per heavy atom. The van der Waals surface area contributed by atoms with E-state index in [1.54, 1.807) is 0 Å². The number of hydrogen-bond donors (Lipinski definition) is 0. The van der Waals surface area contributed by atoms with E-state index in [9.17, 15) is 39.3 Å². The van der Waals surface area contributed by atoms with Crippen LogP contribution in [-0.2, 0) is 0 Å². The van der Waals surface area contributed by atoms with Gasteiger partial charge in [-0.25, -0.2) is 4.81 Å². The Balaban J connectivity index is 5.02. The zero-order valence-corrected chi connectivity index (χ0v) is 5.43. The molecule has 0 bridgehead atoms. The molecule has 0 aliphatic rings. The highest BCUT2D eigenvalue weighted by atomic mass is 19.4. The van der Waals surface area contributed by atoms with Gasteiger partial charge in [0.15, 0.2) is 0 Å². The third-order valence-corrected chi connectivity index (χ3v) is 0.839. The first-order chi connectivity index (χ1) is 5.37. The van der Waals surface area contributed by atoms with E-state index in [1.165, 1.54) is 0 Å². The van der Waals surface area contributed by atoms with Gasteiger partial charge in [0.25, 0.3) is 0 Å². The number of alkyl halides is 6. The van der Waals surface area contributed by atoms with E-state index in [4.69, 9.17) is 0 Å². The maximum atomic E-state index is 11.3. The van der Waals surface area contributed by atoms with Crippen LogP contribution in [0.25, 0.3) is 0 Å². The molecule has 0 unspecified atom stereocenters. The summed E-state index contributed by atoms with van der Waals surface area (Å²) in [6, 6.07) is 0. The summed E-state index contributed by atoms with van der Waals surface area (Å²) in [6.45, 7) is 0. The number of rotatable bonds is 1. The SMILES string of the molecule is F[B-](F)(F)N(C(F)(F)F)C(F)(F)F. The second kappa shape index (κ2) is 2.96. The van der Waals surface area contributed by atoms with E-state index >= 15 is 0 Å². The average Bonchev–Trinajstić information content (AvgIpc) is 1.44. The first kappa shape index (κ1) is 12.4. The lowest BCUT2D eigenvalue weighted by Crippen LogP contribution is -2.59. The van der Waals surface area contributed by atoms with Crippen LogP contribution in [0, 0.1) is 0 Å². The van der Waals surface area contributed by atoms with Gasteiger partial charge in [0.2, 0.25) is 0 Å². The summed E-state index contributed by atoms with van der Waals surface area (Å²) in [7, 11) is -7.18. The van der Waals surface area contributed by atoms with E-state index in [0.717, 1.165) is 0 Å². The van der Waals surface area contributed by atoms with Crippen molar-refractivity contribution >= 4 is 7.11 Å². The largest absolute Gasteiger partial charge is 0.580 e. The van der Waals surface area contributed by atoms with Gasteiger partial charge in [-0.2, -0.15) is 26.3 Å². The topological polar surface area (TPSA) is 3.24 Å². The lowest BCUT2D eigenvalue weighted by atomic mass is 10.1. The van der Waals surface area contributed by atoms with Crippen LogP contribution in [0.5, 0.6) is 0 Å². The normalized spacial score (nSPS) is 15.2. The monoisotopic (exact) mass is 220 g/mol. The van der Waals surface area contributed by atoms with Crippen molar-refractivity contribution in [3.63, 3.8) is 0 Å². The predicted octanol–water partition coefficient (Wildman–Crippen LogP) is 2.67. The maximum Gasteiger partial charge on any atom is 0.580 e. The molecule has 0 atom stereocenters. The van der Waals surface area contributed by atoms with E-state index in [0.29, 0.717) is 0 Å². The Morgan fingerprint density at radius 1 is 0.692 bits per heavy atom. The smallest absolute Gasteiger partial charge is 0.433 e. The second-order valence-electron chi connectivity index (χ2n) is 1.85. The first-order valence-electron chi connectivity index (χ1n) is 2.49. The Labute approximate surface area is 65.2 Å². The molecule has 0 aliphatic carbocycles. The summed E-state index contributed by atoms with van der Waals surface area (Å²) in [6.07, 6.45) is -13.0. The summed E-state index contributed by atoms with van der Waals surface area (Å²) in [4.78, 5) is -3.38. The molecule has 1 nitrogen and oxygen atoms in total. The summed E-state index contributed by atoms with van der Waals surface area (Å²) < 4.78 is 101. The molecule has 0 aromatic rings. The average molecular weight is 220 g/mol. The van der Waals surface area contributed by atoms with Crippen LogP contribution in [0.1, 0.15) is 0 Å². The van der Waals surface area contributed by atoms with Crippen molar-refractivity contribution in [2.75, 3.05) is 0 Å². The van der Waals surface area contributed by atoms with Gasteiger partial charge in [-0.05, 0) is 0 Å². The molecule has 80 valence electrons. The zero-order valence-electron chi connectivity index (χ0n) is 5.43. The minimum atomic E-state index is -7.18. The van der Waals surface area contributed by atoms with E-state index in [1.807, 2.05) is 0 Å². The highest BCUT2D eigenvalue weighted by Crippen LogP contribution is 2.39. The molecule has 0 N–H and O–H groups in total. The molecule has 0 spiro atoms. The maximum absolute atomic E-state index is 11.3. The summed E-state index contributed by atoms with van der Waals surface area (Å²) in [5.41, 5.74) is 0. The molecule has 13 heavy (non-hydrogen) atoms. The van der Waals surface area contributed by atoms with E-state index in [2.05, 4.69) is 0 Å². The van der Waals surface area contributed by atoms with Gasteiger partial charge in [-0.15, -0.1) is 0 Å². The Kier molecular flexibility index (Phi) is 2.82. The van der Waals surface area contributed by atoms with Crippen LogP contribution in [0.2, 0.25) is 0 Å². The van der Waals surface area contributed by atoms with Crippen LogP contribution in [0.3, 0.4) is 0 Å². The number of hydrogen-bond acceptors (Lipinski definition) is 1. The fourth-order valence-electron chi connectivity index (χ4n) is 0.476. The quantitative estimate of drug-likeness (QED) is 0.373. The van der Waals surface area contributed by atoms with Crippen LogP contribution in [-0.4, -0.2) is 24.5 Å². The van der Waals surface area contributed by atoms with Gasteiger partial charge < -0.3 is 12.9 Å². The number of nitrogens with zero attached hydrogens (tertiary/aromatic N) is 1. The van der Waals surface area contributed by atoms with Crippen molar-refractivity contribution in [3.05, 3.63) is 0 Å². The molecule has 0 aromatic carbocycles. The standard InChI is InChI=1S/C2BF9N/c4-1(5,6)13(2(7,8)9)3(10,11)12/q-1. The van der Waals surface area contributed by atoms with Gasteiger partial charge in [-0.1, -0.05) is 0 Å². The Morgan fingerprint density at radius 3 is 0.923 bits per heavy atom. The lowest BCUT2D eigenvalue weighted by molar-refractivity contribution is -0.349. The molecule has 0 radical (unpaired) electrons. The van der Waals surface area contributed by atoms with Gasteiger partial charge in [0, 0.05) is 0 Å². The first-order valence-corrected chi connectivity index (χ1v) is 2.49. The molecule has 0 aliphatic heterocycles. The van der Waals surface area contributed by atoms with Gasteiger partial charge in [0.1, 0.15) is 0 Å². The molecule has 0 amide bonds. The van der Waals surface area contributed by atoms with Crippen molar-refractivity contribution in [1.82, 2.24) is 4.81 Å². The molecule has 0 heterocycles. The van der Waals surface area contributed by atoms with Crippen LogP contribution < -0.4 is 0 Å². The fraction of sp³-hybridized carbons (Fsp3) is 1.00. The molecule has 0 saturated carbocycles. The molecular formula is C2BF9N-. The third-order valence-electron chi connectivity index (χ3n) is 0.839. The summed E-state index contributed by atoms with van der Waals surface area (Å²) >= 11 is 0. The lowest BCUT2D eigenvalue weighted by Gasteiger charge is -2.35. The molecule has 0 rings (SSSR count). The molecule has 0 aromatic heterocycles. The Hall–Kier alpha value is -0.605. The minimum absolute atomic E-state index is 3.38. The van der Waals surface area contributed by atoms with Crippen molar-refractivity contribution in [1.29, 1.82) is 0 Å². The molecule has 11 heteroatoms. The van der Waals surface area contributed by atoms with E-state index in [-0.39, 0.29) is 0 Å². The van der Waals surface area contributed by atoms with E-state index < -0.39 is 24.5 Å². The highest BCUT2D eigenvalue weighted by molar-refractivity contribution is 6.55. The summed E-state index contributed by atoms with van der Waals surface area (Å²) in [5.74, 6) is 0. The minimum Gasteiger partial charge on any atom is -0.433 e. The number of halogens is 9. The summed E-state index contributed by atoms with van der Waals surface area (Å²) in [5, 5.41) is 0. The highest BCUT2D eigenvalue weighted by Gasteiger charge is 2.61. The predicted molar refractivity (Wildman–Crippen MR) is 23.0 cm³/mol. The van der Waals surface area contributed by atoms with Crippen molar-refractivity contribution in [3.8, 4) is 0 Å². The van der Waals surface area contributed by atoms with Crippen LogP contribution in [0.4, 0.5) is 39.3 Å².